The fourth-order valence-electron chi connectivity index (χ4n) is 3.79. The van der Waals surface area contributed by atoms with E-state index in [9.17, 15) is 4.79 Å². The van der Waals surface area contributed by atoms with E-state index in [4.69, 9.17) is 9.40 Å². The highest BCUT2D eigenvalue weighted by atomic mass is 16.3. The highest BCUT2D eigenvalue weighted by Crippen LogP contribution is 2.49. The van der Waals surface area contributed by atoms with Crippen molar-refractivity contribution in [3.63, 3.8) is 0 Å². The predicted molar refractivity (Wildman–Crippen MR) is 107 cm³/mol. The van der Waals surface area contributed by atoms with Crippen LogP contribution in [0.25, 0.3) is 11.1 Å². The van der Waals surface area contributed by atoms with Gasteiger partial charge in [-0.2, -0.15) is 0 Å². The van der Waals surface area contributed by atoms with Gasteiger partial charge in [-0.25, -0.2) is 4.98 Å². The van der Waals surface area contributed by atoms with Crippen LogP contribution in [0, 0.1) is 5.92 Å². The van der Waals surface area contributed by atoms with Crippen molar-refractivity contribution in [2.75, 3.05) is 6.54 Å². The fraction of sp³-hybridized carbons (Fsp3) is 0.391. The number of aryl methyl sites for hydroxylation is 2. The molecule has 4 nitrogen and oxygen atoms in total. The third kappa shape index (κ3) is 4.38. The maximum absolute atomic E-state index is 11.1. The van der Waals surface area contributed by atoms with Gasteiger partial charge in [0.15, 0.2) is 11.5 Å². The van der Waals surface area contributed by atoms with Crippen molar-refractivity contribution in [1.29, 1.82) is 0 Å². The summed E-state index contributed by atoms with van der Waals surface area (Å²) in [5, 5.41) is 2.92. The number of aromatic nitrogens is 1. The van der Waals surface area contributed by atoms with Crippen LogP contribution in [-0.4, -0.2) is 17.4 Å². The van der Waals surface area contributed by atoms with Gasteiger partial charge in [-0.05, 0) is 49.1 Å². The molecule has 140 valence electrons. The summed E-state index contributed by atoms with van der Waals surface area (Å²) >= 11 is 0. The minimum atomic E-state index is 0.0383. The predicted octanol–water partition coefficient (Wildman–Crippen LogP) is 4.63. The summed E-state index contributed by atoms with van der Waals surface area (Å²) in [5.41, 5.74) is 4.52. The van der Waals surface area contributed by atoms with Gasteiger partial charge >= 0.3 is 0 Å². The number of unbranched alkanes of at least 4 members (excludes halogenated alkanes) is 1. The lowest BCUT2D eigenvalue weighted by Crippen LogP contribution is -2.22. The smallest absolute Gasteiger partial charge is 0.216 e. The minimum absolute atomic E-state index is 0.0383. The summed E-state index contributed by atoms with van der Waals surface area (Å²) < 4.78 is 6.13. The molecule has 1 aromatic heterocycles. The summed E-state index contributed by atoms with van der Waals surface area (Å²) in [6.07, 6.45) is 5.29. The van der Waals surface area contributed by atoms with Gasteiger partial charge < -0.3 is 9.73 Å². The molecule has 0 bridgehead atoms. The van der Waals surface area contributed by atoms with E-state index in [-0.39, 0.29) is 5.91 Å². The van der Waals surface area contributed by atoms with Crippen molar-refractivity contribution in [1.82, 2.24) is 10.3 Å². The highest BCUT2D eigenvalue weighted by molar-refractivity contribution is 5.77. The minimum Gasteiger partial charge on any atom is -0.440 e. The number of carbonyl (C=O) groups excluding carboxylic acids is 1. The van der Waals surface area contributed by atoms with E-state index in [2.05, 4.69) is 47.8 Å². The molecule has 2 atom stereocenters. The molecule has 0 saturated heterocycles. The molecular formula is C23H26N2O2. The average Bonchev–Trinajstić information content (AvgIpc) is 3.33. The van der Waals surface area contributed by atoms with E-state index in [1.165, 1.54) is 11.1 Å². The molecule has 0 unspecified atom stereocenters. The van der Waals surface area contributed by atoms with Crippen LogP contribution in [0.15, 0.2) is 52.9 Å². The van der Waals surface area contributed by atoms with E-state index >= 15 is 0 Å². The Morgan fingerprint density at radius 3 is 2.74 bits per heavy atom. The van der Waals surface area contributed by atoms with Crippen LogP contribution >= 0.6 is 0 Å². The normalized spacial score (nSPS) is 18.6. The molecular weight excluding hydrogens is 336 g/mol. The van der Waals surface area contributed by atoms with Crippen LogP contribution in [0.3, 0.4) is 0 Å². The third-order valence-corrected chi connectivity index (χ3v) is 5.37. The van der Waals surface area contributed by atoms with Crippen molar-refractivity contribution >= 4 is 17.0 Å². The van der Waals surface area contributed by atoms with Crippen LogP contribution in [-0.2, 0) is 17.6 Å². The molecule has 1 fully saturated rings. The molecule has 0 spiro atoms. The molecule has 1 amide bonds. The number of amides is 1. The molecule has 1 aliphatic rings. The quantitative estimate of drug-likeness (QED) is 0.594. The van der Waals surface area contributed by atoms with Gasteiger partial charge in [0.1, 0.15) is 5.52 Å². The number of benzene rings is 2. The molecule has 2 aromatic carbocycles. The Bertz CT molecular complexity index is 917. The van der Waals surface area contributed by atoms with E-state index in [1.807, 2.05) is 6.07 Å². The third-order valence-electron chi connectivity index (χ3n) is 5.37. The second-order valence-electron chi connectivity index (χ2n) is 7.54. The summed E-state index contributed by atoms with van der Waals surface area (Å²) in [7, 11) is 0. The summed E-state index contributed by atoms with van der Waals surface area (Å²) in [5.74, 6) is 1.86. The van der Waals surface area contributed by atoms with Crippen molar-refractivity contribution in [2.24, 2.45) is 5.92 Å². The number of oxazole rings is 1. The average molecular weight is 362 g/mol. The monoisotopic (exact) mass is 362 g/mol. The van der Waals surface area contributed by atoms with Crippen molar-refractivity contribution in [2.45, 2.75) is 44.9 Å². The van der Waals surface area contributed by atoms with Crippen molar-refractivity contribution < 1.29 is 9.21 Å². The number of fused-ring (bicyclic) bond motifs is 1. The Kier molecular flexibility index (Phi) is 5.23. The van der Waals surface area contributed by atoms with Gasteiger partial charge in [0.2, 0.25) is 5.91 Å². The standard InChI is InChI=1S/C23H26N2O2/c1-16(26)24-15-18-14-20(18)19-11-7-12-21-23(19)27-22(25-21)13-6-5-10-17-8-3-2-4-9-17/h2-4,7-9,11-12,18,20H,5-6,10,13-15H2,1H3,(H,24,26)/t18-,20+/m0/s1. The molecule has 1 aliphatic carbocycles. The summed E-state index contributed by atoms with van der Waals surface area (Å²) in [6, 6.07) is 16.8. The zero-order chi connectivity index (χ0) is 18.6. The van der Waals surface area contributed by atoms with Crippen LogP contribution in [0.2, 0.25) is 0 Å². The number of para-hydroxylation sites is 1. The lowest BCUT2D eigenvalue weighted by molar-refractivity contribution is -0.119. The zero-order valence-corrected chi connectivity index (χ0v) is 15.8. The van der Waals surface area contributed by atoms with E-state index in [0.29, 0.717) is 11.8 Å². The highest BCUT2D eigenvalue weighted by Gasteiger charge is 2.39. The van der Waals surface area contributed by atoms with Gasteiger partial charge in [0.05, 0.1) is 0 Å². The molecule has 1 N–H and O–H groups in total. The second kappa shape index (κ2) is 7.95. The molecule has 27 heavy (non-hydrogen) atoms. The fourth-order valence-corrected chi connectivity index (χ4v) is 3.79. The van der Waals surface area contributed by atoms with Crippen LogP contribution < -0.4 is 5.32 Å². The first-order valence-electron chi connectivity index (χ1n) is 9.87. The van der Waals surface area contributed by atoms with Crippen LogP contribution in [0.4, 0.5) is 0 Å². The molecule has 3 aromatic rings. The first-order valence-corrected chi connectivity index (χ1v) is 9.87. The second-order valence-corrected chi connectivity index (χ2v) is 7.54. The van der Waals surface area contributed by atoms with Gasteiger partial charge in [-0.1, -0.05) is 42.5 Å². The van der Waals surface area contributed by atoms with Crippen molar-refractivity contribution in [3.05, 3.63) is 65.5 Å². The van der Waals surface area contributed by atoms with E-state index in [0.717, 1.165) is 55.6 Å². The Hall–Kier alpha value is -2.62. The lowest BCUT2D eigenvalue weighted by atomic mass is 10.1. The Morgan fingerprint density at radius 2 is 1.93 bits per heavy atom. The number of carbonyl (C=O) groups is 1. The van der Waals surface area contributed by atoms with Crippen molar-refractivity contribution in [3.8, 4) is 0 Å². The molecule has 1 saturated carbocycles. The van der Waals surface area contributed by atoms with Crippen LogP contribution in [0.1, 0.15) is 49.1 Å². The lowest BCUT2D eigenvalue weighted by Gasteiger charge is -2.02. The molecule has 1 heterocycles. The zero-order valence-electron chi connectivity index (χ0n) is 15.8. The number of hydrogen-bond acceptors (Lipinski definition) is 3. The number of rotatable bonds is 8. The van der Waals surface area contributed by atoms with Gasteiger partial charge in [0, 0.05) is 25.5 Å². The van der Waals surface area contributed by atoms with Gasteiger partial charge in [0.25, 0.3) is 0 Å². The maximum Gasteiger partial charge on any atom is 0.216 e. The maximum atomic E-state index is 11.1. The largest absolute Gasteiger partial charge is 0.440 e. The first kappa shape index (κ1) is 17.8. The topological polar surface area (TPSA) is 55.1 Å². The molecule has 0 aliphatic heterocycles. The Balaban J connectivity index is 1.36. The number of nitrogens with zero attached hydrogens (tertiary/aromatic N) is 1. The number of hydrogen-bond donors (Lipinski definition) is 1. The Morgan fingerprint density at radius 1 is 1.11 bits per heavy atom. The van der Waals surface area contributed by atoms with Gasteiger partial charge in [-0.3, -0.25) is 4.79 Å². The summed E-state index contributed by atoms with van der Waals surface area (Å²) in [4.78, 5) is 15.8. The molecule has 0 radical (unpaired) electrons. The van der Waals surface area contributed by atoms with E-state index in [1.54, 1.807) is 6.92 Å². The Labute approximate surface area is 160 Å². The molecule has 4 heteroatoms. The van der Waals surface area contributed by atoms with E-state index < -0.39 is 0 Å². The summed E-state index contributed by atoms with van der Waals surface area (Å²) in [6.45, 7) is 2.31. The molecule has 4 rings (SSSR count). The number of nitrogens with one attached hydrogen (secondary N) is 1. The van der Waals surface area contributed by atoms with Gasteiger partial charge in [-0.15, -0.1) is 0 Å². The SMILES string of the molecule is CC(=O)NC[C@@H]1C[C@H]1c1cccc2nc(CCCCc3ccccc3)oc12. The first-order chi connectivity index (χ1) is 13.2. The van der Waals surface area contributed by atoms with Crippen LogP contribution in [0.5, 0.6) is 0 Å².